The lowest BCUT2D eigenvalue weighted by molar-refractivity contribution is -0.164. The van der Waals surface area contributed by atoms with Crippen molar-refractivity contribution >= 4 is 16.0 Å². The van der Waals surface area contributed by atoms with Crippen LogP contribution < -0.4 is 0 Å². The van der Waals surface area contributed by atoms with E-state index in [1.807, 2.05) is 11.4 Å². The summed E-state index contributed by atoms with van der Waals surface area (Å²) < 4.78 is 51.8. The van der Waals surface area contributed by atoms with Gasteiger partial charge in [0.2, 0.25) is 10.0 Å². The molecule has 1 aromatic rings. The maximum Gasteiger partial charge on any atom is 0.311 e. The van der Waals surface area contributed by atoms with Gasteiger partial charge in [-0.3, -0.25) is 4.79 Å². The van der Waals surface area contributed by atoms with Crippen LogP contribution in [0.3, 0.4) is 0 Å². The van der Waals surface area contributed by atoms with Gasteiger partial charge in [-0.1, -0.05) is 64.5 Å². The van der Waals surface area contributed by atoms with E-state index in [1.54, 1.807) is 12.1 Å². The van der Waals surface area contributed by atoms with Gasteiger partial charge in [0, 0.05) is 24.0 Å². The van der Waals surface area contributed by atoms with E-state index in [-0.39, 0.29) is 46.9 Å². The minimum Gasteiger partial charge on any atom is -0.461 e. The molecule has 240 valence electrons. The molecule has 1 aliphatic heterocycles. The van der Waals surface area contributed by atoms with Crippen molar-refractivity contribution in [3.63, 3.8) is 0 Å². The first-order valence-corrected chi connectivity index (χ1v) is 18.8. The summed E-state index contributed by atoms with van der Waals surface area (Å²) in [5.41, 5.74) is 0.160. The molecule has 4 aliphatic carbocycles. The fourth-order valence-corrected chi connectivity index (χ4v) is 12.9. The summed E-state index contributed by atoms with van der Waals surface area (Å²) in [6.45, 7) is 5.91. The normalized spacial score (nSPS) is 34.1. The SMILES string of the molecule is CN1CC[C@H](c2ccc(F)cc2)[C@@H](C(=O)O[C@H]2C[C@@H]3CC[C@]2(CS(=O)(=O)N(C2CCCCC2)C2CCCCC2)C3(C)C)C1. The molecule has 2 bridgehead atoms. The lowest BCUT2D eigenvalue weighted by Gasteiger charge is -2.46. The van der Waals surface area contributed by atoms with E-state index in [4.69, 9.17) is 4.74 Å². The Labute approximate surface area is 259 Å². The maximum atomic E-state index is 14.7. The molecule has 5 atom stereocenters. The van der Waals surface area contributed by atoms with Crippen LogP contribution in [0.2, 0.25) is 0 Å². The molecule has 0 radical (unpaired) electrons. The Morgan fingerprint density at radius 2 is 1.56 bits per heavy atom. The van der Waals surface area contributed by atoms with Gasteiger partial charge in [-0.05, 0) is 99.9 Å². The zero-order valence-electron chi connectivity index (χ0n) is 26.6. The quantitative estimate of drug-likeness (QED) is 0.298. The zero-order chi connectivity index (χ0) is 30.4. The van der Waals surface area contributed by atoms with Crippen LogP contribution in [-0.4, -0.2) is 67.7 Å². The number of hydrogen-bond donors (Lipinski definition) is 0. The van der Waals surface area contributed by atoms with Gasteiger partial charge in [0.05, 0.1) is 11.7 Å². The van der Waals surface area contributed by atoms with Gasteiger partial charge in [0.15, 0.2) is 0 Å². The van der Waals surface area contributed by atoms with Crippen molar-refractivity contribution in [1.29, 1.82) is 0 Å². The van der Waals surface area contributed by atoms with Crippen molar-refractivity contribution in [3.8, 4) is 0 Å². The lowest BCUT2D eigenvalue weighted by atomic mass is 9.69. The molecule has 6 nitrogen and oxygen atoms in total. The van der Waals surface area contributed by atoms with Gasteiger partial charge < -0.3 is 9.64 Å². The van der Waals surface area contributed by atoms with Gasteiger partial charge in [-0.15, -0.1) is 0 Å². The predicted octanol–water partition coefficient (Wildman–Crippen LogP) is 6.90. The number of nitrogens with zero attached hydrogens (tertiary/aromatic N) is 2. The third-order valence-electron chi connectivity index (χ3n) is 12.7. The fourth-order valence-electron chi connectivity index (χ4n) is 10.0. The molecule has 0 aromatic heterocycles. The Morgan fingerprint density at radius 3 is 2.14 bits per heavy atom. The number of rotatable bonds is 8. The molecule has 1 aromatic carbocycles. The number of carbonyl (C=O) groups excluding carboxylic acids is 1. The van der Waals surface area contributed by atoms with Crippen LogP contribution in [0.25, 0.3) is 0 Å². The number of halogens is 1. The molecule has 1 heterocycles. The number of esters is 1. The molecule has 0 spiro atoms. The Morgan fingerprint density at radius 1 is 0.953 bits per heavy atom. The van der Waals surface area contributed by atoms with E-state index in [9.17, 15) is 17.6 Å². The summed E-state index contributed by atoms with van der Waals surface area (Å²) >= 11 is 0. The first-order valence-electron chi connectivity index (χ1n) is 17.2. The second-order valence-corrected chi connectivity index (χ2v) is 17.1. The maximum absolute atomic E-state index is 14.7. The minimum absolute atomic E-state index is 0.0383. The van der Waals surface area contributed by atoms with Gasteiger partial charge >= 0.3 is 5.97 Å². The summed E-state index contributed by atoms with van der Waals surface area (Å²) in [4.78, 5) is 16.3. The van der Waals surface area contributed by atoms with Crippen LogP contribution in [0.5, 0.6) is 0 Å². The molecular weight excluding hydrogens is 563 g/mol. The molecule has 0 amide bonds. The predicted molar refractivity (Wildman–Crippen MR) is 168 cm³/mol. The molecular formula is C35H53FN2O4S. The average molecular weight is 617 g/mol. The molecule has 0 N–H and O–H groups in total. The lowest BCUT2D eigenvalue weighted by Crippen LogP contribution is -2.55. The number of fused-ring (bicyclic) bond motifs is 2. The number of piperidine rings is 1. The molecule has 5 fully saturated rings. The second-order valence-electron chi connectivity index (χ2n) is 15.3. The monoisotopic (exact) mass is 616 g/mol. The van der Waals surface area contributed by atoms with Crippen molar-refractivity contribution in [2.45, 2.75) is 128 Å². The molecule has 4 saturated carbocycles. The second kappa shape index (κ2) is 12.4. The van der Waals surface area contributed by atoms with Crippen LogP contribution >= 0.6 is 0 Å². The highest BCUT2D eigenvalue weighted by Gasteiger charge is 2.67. The average Bonchev–Trinajstić information content (AvgIpc) is 3.33. The van der Waals surface area contributed by atoms with Crippen LogP contribution in [0, 0.1) is 28.5 Å². The summed E-state index contributed by atoms with van der Waals surface area (Å²) in [6, 6.07) is 6.75. The summed E-state index contributed by atoms with van der Waals surface area (Å²) in [5, 5.41) is 0. The van der Waals surface area contributed by atoms with Crippen molar-refractivity contribution in [2.24, 2.45) is 22.7 Å². The number of likely N-dealkylation sites (tertiary alicyclic amines) is 1. The Balaban J connectivity index is 1.27. The smallest absolute Gasteiger partial charge is 0.311 e. The van der Waals surface area contributed by atoms with Gasteiger partial charge in [-0.25, -0.2) is 12.8 Å². The van der Waals surface area contributed by atoms with Crippen LogP contribution in [0.4, 0.5) is 4.39 Å². The number of benzene rings is 1. The van der Waals surface area contributed by atoms with Crippen molar-refractivity contribution in [1.82, 2.24) is 9.21 Å². The largest absolute Gasteiger partial charge is 0.461 e. The number of ether oxygens (including phenoxy) is 1. The zero-order valence-corrected chi connectivity index (χ0v) is 27.4. The van der Waals surface area contributed by atoms with Crippen LogP contribution in [0.15, 0.2) is 24.3 Å². The fraction of sp³-hybridized carbons (Fsp3) is 0.800. The van der Waals surface area contributed by atoms with Gasteiger partial charge in [-0.2, -0.15) is 4.31 Å². The highest BCUT2D eigenvalue weighted by atomic mass is 32.2. The van der Waals surface area contributed by atoms with Crippen LogP contribution in [0.1, 0.15) is 115 Å². The van der Waals surface area contributed by atoms with E-state index in [2.05, 4.69) is 18.7 Å². The molecule has 0 unspecified atom stereocenters. The van der Waals surface area contributed by atoms with E-state index < -0.39 is 21.5 Å². The molecule has 6 rings (SSSR count). The number of hydrogen-bond acceptors (Lipinski definition) is 5. The highest BCUT2D eigenvalue weighted by molar-refractivity contribution is 7.89. The molecule has 43 heavy (non-hydrogen) atoms. The highest BCUT2D eigenvalue weighted by Crippen LogP contribution is 2.67. The number of sulfonamides is 1. The first-order chi connectivity index (χ1) is 20.5. The summed E-state index contributed by atoms with van der Waals surface area (Å²) in [7, 11) is -1.55. The third-order valence-corrected chi connectivity index (χ3v) is 14.8. The van der Waals surface area contributed by atoms with E-state index in [0.29, 0.717) is 12.5 Å². The summed E-state index contributed by atoms with van der Waals surface area (Å²) in [6.07, 6.45) is 13.6. The van der Waals surface area contributed by atoms with Crippen molar-refractivity contribution in [2.75, 3.05) is 25.9 Å². The minimum atomic E-state index is -3.58. The first kappa shape index (κ1) is 31.5. The van der Waals surface area contributed by atoms with E-state index in [1.165, 1.54) is 25.0 Å². The molecule has 1 saturated heterocycles. The van der Waals surface area contributed by atoms with Crippen LogP contribution in [-0.2, 0) is 19.6 Å². The Kier molecular flexibility index (Phi) is 9.04. The Hall–Kier alpha value is -1.51. The van der Waals surface area contributed by atoms with Gasteiger partial charge in [0.1, 0.15) is 11.9 Å². The Bertz CT molecular complexity index is 1220. The topological polar surface area (TPSA) is 66.9 Å². The van der Waals surface area contributed by atoms with E-state index in [0.717, 1.165) is 89.2 Å². The standard InChI is InChI=1S/C35H53FN2O4S/c1-34(2)26-18-20-35(34,24-43(40,41)38(28-10-6-4-7-11-28)29-12-8-5-9-13-29)32(22-26)42-33(39)31-23-37(3)21-19-30(31)25-14-16-27(36)17-15-25/h14-17,26,28-32H,4-13,18-24H2,1-3H3/t26-,30+,31-,32-,35+/m0/s1. The number of carbonyl (C=O) groups is 1. The van der Waals surface area contributed by atoms with Gasteiger partial charge in [0.25, 0.3) is 0 Å². The third kappa shape index (κ3) is 5.94. The molecule has 8 heteroatoms. The van der Waals surface area contributed by atoms with E-state index >= 15 is 0 Å². The molecule has 5 aliphatic rings. The van der Waals surface area contributed by atoms with Crippen molar-refractivity contribution in [3.05, 3.63) is 35.6 Å². The van der Waals surface area contributed by atoms with Crippen molar-refractivity contribution < 1.29 is 22.3 Å². The summed E-state index contributed by atoms with van der Waals surface area (Å²) in [5.74, 6) is -0.466.